The zero-order valence-electron chi connectivity index (χ0n) is 13.4. The lowest BCUT2D eigenvalue weighted by Gasteiger charge is -2.42. The van der Waals surface area contributed by atoms with Crippen LogP contribution in [0.15, 0.2) is 24.5 Å². The highest BCUT2D eigenvalue weighted by atomic mass is 28.4. The molecular weight excluding hydrogens is 264 g/mol. The molecule has 20 heavy (non-hydrogen) atoms. The minimum absolute atomic E-state index is 0.583. The minimum atomic E-state index is -1.87. The maximum Gasteiger partial charge on any atom is 0.258 e. The first-order valence-electron chi connectivity index (χ1n) is 7.50. The summed E-state index contributed by atoms with van der Waals surface area (Å²) in [5.41, 5.74) is 3.78. The highest BCUT2D eigenvalue weighted by Gasteiger charge is 2.46. The largest absolute Gasteiger partial charge is 0.543 e. The lowest BCUT2D eigenvalue weighted by Crippen LogP contribution is -2.50. The maximum absolute atomic E-state index is 6.66. The fraction of sp³-hybridized carbons (Fsp3) is 0.562. The second-order valence-corrected chi connectivity index (χ2v) is 11.9. The third kappa shape index (κ3) is 2.49. The SMILES string of the molecule is CC(C)[Si](Oc1ccc2nc[nH]c2c1)(C(C)C)C(C)C. The molecule has 1 heterocycles. The van der Waals surface area contributed by atoms with Gasteiger partial charge in [0.05, 0.1) is 17.4 Å². The van der Waals surface area contributed by atoms with E-state index in [2.05, 4.69) is 63.6 Å². The molecule has 4 heteroatoms. The van der Waals surface area contributed by atoms with Crippen molar-refractivity contribution in [3.8, 4) is 5.75 Å². The van der Waals surface area contributed by atoms with Crippen molar-refractivity contribution in [1.82, 2.24) is 9.97 Å². The van der Waals surface area contributed by atoms with Crippen molar-refractivity contribution in [3.63, 3.8) is 0 Å². The minimum Gasteiger partial charge on any atom is -0.543 e. The third-order valence-electron chi connectivity index (χ3n) is 4.39. The van der Waals surface area contributed by atoms with Crippen LogP contribution >= 0.6 is 0 Å². The highest BCUT2D eigenvalue weighted by molar-refractivity contribution is 6.78. The van der Waals surface area contributed by atoms with Crippen LogP contribution in [0.5, 0.6) is 5.75 Å². The Morgan fingerprint density at radius 3 is 2.15 bits per heavy atom. The number of benzene rings is 1. The first kappa shape index (κ1) is 15.1. The average molecular weight is 290 g/mol. The first-order chi connectivity index (χ1) is 9.37. The summed E-state index contributed by atoms with van der Waals surface area (Å²) in [6.45, 7) is 13.8. The normalized spacial score (nSPS) is 12.8. The van der Waals surface area contributed by atoms with Crippen LogP contribution in [0.1, 0.15) is 41.5 Å². The molecule has 2 rings (SSSR count). The van der Waals surface area contributed by atoms with Crippen molar-refractivity contribution < 1.29 is 4.43 Å². The molecule has 0 amide bonds. The van der Waals surface area contributed by atoms with Gasteiger partial charge in [-0.2, -0.15) is 0 Å². The van der Waals surface area contributed by atoms with E-state index in [4.69, 9.17) is 4.43 Å². The molecule has 0 atom stereocenters. The molecule has 1 aromatic heterocycles. The lowest BCUT2D eigenvalue weighted by molar-refractivity contribution is 0.480. The molecule has 0 unspecified atom stereocenters. The number of H-pyrrole nitrogens is 1. The average Bonchev–Trinajstić information content (AvgIpc) is 2.81. The number of nitrogens with zero attached hydrogens (tertiary/aromatic N) is 1. The van der Waals surface area contributed by atoms with Gasteiger partial charge >= 0.3 is 0 Å². The smallest absolute Gasteiger partial charge is 0.258 e. The lowest BCUT2D eigenvalue weighted by atomic mass is 10.3. The van der Waals surface area contributed by atoms with Gasteiger partial charge in [0.2, 0.25) is 0 Å². The van der Waals surface area contributed by atoms with Gasteiger partial charge in [-0.3, -0.25) is 0 Å². The summed E-state index contributed by atoms with van der Waals surface area (Å²) < 4.78 is 6.66. The number of aromatic nitrogens is 2. The molecule has 0 radical (unpaired) electrons. The Kier molecular flexibility index (Phi) is 4.23. The van der Waals surface area contributed by atoms with E-state index in [1.165, 1.54) is 0 Å². The van der Waals surface area contributed by atoms with E-state index in [0.29, 0.717) is 16.6 Å². The number of hydrogen-bond donors (Lipinski definition) is 1. The van der Waals surface area contributed by atoms with E-state index >= 15 is 0 Å². The van der Waals surface area contributed by atoms with Gasteiger partial charge in [0.15, 0.2) is 0 Å². The van der Waals surface area contributed by atoms with Crippen LogP contribution in [0, 0.1) is 0 Å². The molecule has 110 valence electrons. The van der Waals surface area contributed by atoms with Gasteiger partial charge in [-0.25, -0.2) is 4.98 Å². The fourth-order valence-corrected chi connectivity index (χ4v) is 8.78. The molecule has 0 aliphatic rings. The van der Waals surface area contributed by atoms with Gasteiger partial charge in [0, 0.05) is 6.07 Å². The zero-order valence-corrected chi connectivity index (χ0v) is 14.4. The van der Waals surface area contributed by atoms with Gasteiger partial charge in [-0.05, 0) is 28.8 Å². The number of imidazole rings is 1. The van der Waals surface area contributed by atoms with Crippen LogP contribution in [0.2, 0.25) is 16.6 Å². The number of aromatic amines is 1. The van der Waals surface area contributed by atoms with Crippen LogP contribution in [-0.4, -0.2) is 18.3 Å². The molecule has 0 saturated heterocycles. The molecule has 1 aromatic carbocycles. The summed E-state index contributed by atoms with van der Waals surface area (Å²) in [4.78, 5) is 7.42. The zero-order chi connectivity index (χ0) is 14.9. The second kappa shape index (κ2) is 5.60. The van der Waals surface area contributed by atoms with Crippen molar-refractivity contribution in [2.24, 2.45) is 0 Å². The Morgan fingerprint density at radius 1 is 1.00 bits per heavy atom. The van der Waals surface area contributed by atoms with Crippen molar-refractivity contribution in [2.75, 3.05) is 0 Å². The van der Waals surface area contributed by atoms with E-state index in [1.54, 1.807) is 6.33 Å². The highest BCUT2D eigenvalue weighted by Crippen LogP contribution is 2.42. The van der Waals surface area contributed by atoms with Crippen LogP contribution < -0.4 is 4.43 Å². The molecular formula is C16H26N2OSi. The van der Waals surface area contributed by atoms with Gasteiger partial charge < -0.3 is 9.41 Å². The fourth-order valence-electron chi connectivity index (χ4n) is 3.54. The van der Waals surface area contributed by atoms with Crippen molar-refractivity contribution >= 4 is 19.4 Å². The molecule has 0 aliphatic carbocycles. The number of fused-ring (bicyclic) bond motifs is 1. The summed E-state index contributed by atoms with van der Waals surface area (Å²) >= 11 is 0. The van der Waals surface area contributed by atoms with Gasteiger partial charge in [-0.15, -0.1) is 0 Å². The molecule has 0 saturated carbocycles. The topological polar surface area (TPSA) is 37.9 Å². The van der Waals surface area contributed by atoms with Crippen molar-refractivity contribution in [2.45, 2.75) is 58.2 Å². The van der Waals surface area contributed by atoms with Gasteiger partial charge in [-0.1, -0.05) is 41.5 Å². The Hall–Kier alpha value is -1.29. The second-order valence-electron chi connectivity index (χ2n) is 6.50. The van der Waals surface area contributed by atoms with Crippen LogP contribution in [0.4, 0.5) is 0 Å². The van der Waals surface area contributed by atoms with Crippen molar-refractivity contribution in [1.29, 1.82) is 0 Å². The Labute approximate surface area is 122 Å². The molecule has 0 fully saturated rings. The number of nitrogens with one attached hydrogen (secondary N) is 1. The summed E-state index contributed by atoms with van der Waals surface area (Å²) in [5.74, 6) is 0.976. The van der Waals surface area contributed by atoms with E-state index < -0.39 is 8.32 Å². The predicted molar refractivity (Wildman–Crippen MR) is 87.8 cm³/mol. The quantitative estimate of drug-likeness (QED) is 0.776. The number of rotatable bonds is 5. The van der Waals surface area contributed by atoms with Gasteiger partial charge in [0.25, 0.3) is 8.32 Å². The van der Waals surface area contributed by atoms with Crippen LogP contribution in [-0.2, 0) is 0 Å². The van der Waals surface area contributed by atoms with Gasteiger partial charge in [0.1, 0.15) is 5.75 Å². The standard InChI is InChI=1S/C16H26N2OSi/c1-11(2)20(12(3)4,13(5)6)19-14-7-8-15-16(9-14)18-10-17-15/h7-13H,1-6H3,(H,17,18). The Balaban J connectivity index is 2.40. The maximum atomic E-state index is 6.66. The van der Waals surface area contributed by atoms with E-state index in [9.17, 15) is 0 Å². The van der Waals surface area contributed by atoms with E-state index in [1.807, 2.05) is 6.07 Å². The number of hydrogen-bond acceptors (Lipinski definition) is 2. The van der Waals surface area contributed by atoms with Crippen molar-refractivity contribution in [3.05, 3.63) is 24.5 Å². The van der Waals surface area contributed by atoms with E-state index in [0.717, 1.165) is 16.8 Å². The summed E-state index contributed by atoms with van der Waals surface area (Å²) in [6.07, 6.45) is 1.73. The molecule has 3 nitrogen and oxygen atoms in total. The van der Waals surface area contributed by atoms with E-state index in [-0.39, 0.29) is 0 Å². The van der Waals surface area contributed by atoms with Crippen LogP contribution in [0.3, 0.4) is 0 Å². The molecule has 2 aromatic rings. The Morgan fingerprint density at radius 2 is 1.60 bits per heavy atom. The Bertz CT molecular complexity index is 553. The summed E-state index contributed by atoms with van der Waals surface area (Å²) in [6, 6.07) is 6.16. The predicted octanol–water partition coefficient (Wildman–Crippen LogP) is 5.12. The summed E-state index contributed by atoms with van der Waals surface area (Å²) in [5, 5.41) is 0. The molecule has 0 spiro atoms. The summed E-state index contributed by atoms with van der Waals surface area (Å²) in [7, 11) is -1.87. The van der Waals surface area contributed by atoms with Crippen LogP contribution in [0.25, 0.3) is 11.0 Å². The monoisotopic (exact) mass is 290 g/mol. The molecule has 0 bridgehead atoms. The molecule has 1 N–H and O–H groups in total. The molecule has 0 aliphatic heterocycles. The first-order valence-corrected chi connectivity index (χ1v) is 9.64. The third-order valence-corrected chi connectivity index (χ3v) is 10.4.